The van der Waals surface area contributed by atoms with Gasteiger partial charge in [0, 0.05) is 12.8 Å². The van der Waals surface area contributed by atoms with Crippen LogP contribution in [0.5, 0.6) is 0 Å². The SMILES string of the molecule is CC.CC(C)CC#CCC1C(C)CC=CCC1C. The first-order valence-corrected chi connectivity index (χ1v) is 7.72. The van der Waals surface area contributed by atoms with E-state index in [4.69, 9.17) is 0 Å². The number of hydrogen-bond acceptors (Lipinski definition) is 0. The molecule has 0 radical (unpaired) electrons. The lowest BCUT2D eigenvalue weighted by Gasteiger charge is -2.24. The van der Waals surface area contributed by atoms with Gasteiger partial charge in [-0.15, -0.1) is 11.8 Å². The van der Waals surface area contributed by atoms with Crippen LogP contribution in [0.3, 0.4) is 0 Å². The molecule has 2 unspecified atom stereocenters. The van der Waals surface area contributed by atoms with Crippen LogP contribution in [0.25, 0.3) is 0 Å². The molecule has 0 heterocycles. The van der Waals surface area contributed by atoms with Gasteiger partial charge < -0.3 is 0 Å². The lowest BCUT2D eigenvalue weighted by atomic mass is 9.80. The van der Waals surface area contributed by atoms with E-state index in [0.29, 0.717) is 5.92 Å². The maximum atomic E-state index is 3.40. The molecule has 0 aromatic rings. The van der Waals surface area contributed by atoms with E-state index in [1.54, 1.807) is 0 Å². The molecule has 0 spiro atoms. The Morgan fingerprint density at radius 1 is 1.00 bits per heavy atom. The molecule has 0 amide bonds. The van der Waals surface area contributed by atoms with Crippen molar-refractivity contribution in [2.24, 2.45) is 23.7 Å². The molecule has 1 aliphatic rings. The monoisotopic (exact) mass is 248 g/mol. The second-order valence-electron chi connectivity index (χ2n) is 5.72. The van der Waals surface area contributed by atoms with Crippen molar-refractivity contribution >= 4 is 0 Å². The fraction of sp³-hybridized carbons (Fsp3) is 0.778. The quantitative estimate of drug-likeness (QED) is 0.435. The highest BCUT2D eigenvalue weighted by molar-refractivity contribution is 5.03. The largest absolute Gasteiger partial charge is 0.103 e. The van der Waals surface area contributed by atoms with Gasteiger partial charge >= 0.3 is 0 Å². The van der Waals surface area contributed by atoms with Crippen LogP contribution in [0.1, 0.15) is 67.2 Å². The normalized spacial score (nSPS) is 26.7. The molecule has 1 rings (SSSR count). The van der Waals surface area contributed by atoms with E-state index in [0.717, 1.165) is 30.6 Å². The maximum absolute atomic E-state index is 3.40. The molecule has 18 heavy (non-hydrogen) atoms. The molecule has 0 aromatic carbocycles. The average molecular weight is 248 g/mol. The van der Waals surface area contributed by atoms with Crippen LogP contribution in [0.2, 0.25) is 0 Å². The summed E-state index contributed by atoms with van der Waals surface area (Å²) >= 11 is 0. The second-order valence-corrected chi connectivity index (χ2v) is 5.72. The van der Waals surface area contributed by atoms with Gasteiger partial charge in [-0.1, -0.05) is 53.7 Å². The Morgan fingerprint density at radius 2 is 1.50 bits per heavy atom. The van der Waals surface area contributed by atoms with Crippen LogP contribution >= 0.6 is 0 Å². The van der Waals surface area contributed by atoms with Gasteiger partial charge in [-0.05, 0) is 36.5 Å². The Bertz CT molecular complexity index is 260. The maximum Gasteiger partial charge on any atom is 0.0122 e. The predicted molar refractivity (Wildman–Crippen MR) is 83.4 cm³/mol. The van der Waals surface area contributed by atoms with E-state index in [-0.39, 0.29) is 0 Å². The van der Waals surface area contributed by atoms with E-state index in [1.165, 1.54) is 12.8 Å². The molecule has 0 bridgehead atoms. The first-order chi connectivity index (χ1) is 8.61. The number of allylic oxidation sites excluding steroid dienone is 2. The third kappa shape index (κ3) is 6.90. The standard InChI is InChI=1S/C16H26.C2H6/c1-13(2)9-5-8-12-16-14(3)10-6-7-11-15(16)4;1-2/h6-7,13-16H,9-12H2,1-4H3;1-2H3. The van der Waals surface area contributed by atoms with Crippen molar-refractivity contribution in [3.05, 3.63) is 12.2 Å². The molecule has 0 aliphatic heterocycles. The topological polar surface area (TPSA) is 0 Å². The summed E-state index contributed by atoms with van der Waals surface area (Å²) in [6.45, 7) is 13.2. The highest BCUT2D eigenvalue weighted by Gasteiger charge is 2.22. The average Bonchev–Trinajstić information content (AvgIpc) is 2.50. The number of rotatable bonds is 2. The third-order valence-electron chi connectivity index (χ3n) is 3.62. The van der Waals surface area contributed by atoms with Gasteiger partial charge in [-0.25, -0.2) is 0 Å². The Kier molecular flexibility index (Phi) is 9.85. The summed E-state index contributed by atoms with van der Waals surface area (Å²) < 4.78 is 0. The van der Waals surface area contributed by atoms with Crippen LogP contribution in [0.4, 0.5) is 0 Å². The summed E-state index contributed by atoms with van der Waals surface area (Å²) in [5.41, 5.74) is 0. The summed E-state index contributed by atoms with van der Waals surface area (Å²) in [7, 11) is 0. The zero-order valence-corrected chi connectivity index (χ0v) is 13.3. The molecule has 1 aliphatic carbocycles. The molecular formula is C18H32. The van der Waals surface area contributed by atoms with Crippen LogP contribution in [0.15, 0.2) is 12.2 Å². The van der Waals surface area contributed by atoms with Gasteiger partial charge in [-0.2, -0.15) is 0 Å². The van der Waals surface area contributed by atoms with Gasteiger partial charge in [0.1, 0.15) is 0 Å². The van der Waals surface area contributed by atoms with Crippen LogP contribution in [0, 0.1) is 35.5 Å². The van der Waals surface area contributed by atoms with Crippen LogP contribution < -0.4 is 0 Å². The molecule has 0 saturated heterocycles. The smallest absolute Gasteiger partial charge is 0.0122 e. The van der Waals surface area contributed by atoms with Crippen molar-refractivity contribution in [3.8, 4) is 11.8 Å². The summed E-state index contributed by atoms with van der Waals surface area (Å²) in [6.07, 6.45) is 9.32. The van der Waals surface area contributed by atoms with E-state index < -0.39 is 0 Å². The Labute approximate surface area is 115 Å². The van der Waals surface area contributed by atoms with E-state index in [9.17, 15) is 0 Å². The predicted octanol–water partition coefficient (Wildman–Crippen LogP) is 5.69. The zero-order valence-electron chi connectivity index (χ0n) is 13.3. The minimum absolute atomic E-state index is 0.707. The van der Waals surface area contributed by atoms with Crippen LogP contribution in [-0.4, -0.2) is 0 Å². The van der Waals surface area contributed by atoms with Crippen molar-refractivity contribution in [1.29, 1.82) is 0 Å². The fourth-order valence-electron chi connectivity index (χ4n) is 2.40. The van der Waals surface area contributed by atoms with Gasteiger partial charge in [0.2, 0.25) is 0 Å². The van der Waals surface area contributed by atoms with Crippen LogP contribution in [-0.2, 0) is 0 Å². The van der Waals surface area contributed by atoms with E-state index >= 15 is 0 Å². The zero-order chi connectivity index (χ0) is 14.0. The Hall–Kier alpha value is -0.700. The molecule has 104 valence electrons. The second kappa shape index (κ2) is 10.2. The molecule has 0 aromatic heterocycles. The highest BCUT2D eigenvalue weighted by atomic mass is 14.3. The van der Waals surface area contributed by atoms with Gasteiger partial charge in [-0.3, -0.25) is 0 Å². The highest BCUT2D eigenvalue weighted by Crippen LogP contribution is 2.31. The van der Waals surface area contributed by atoms with Gasteiger partial charge in [0.25, 0.3) is 0 Å². The third-order valence-corrected chi connectivity index (χ3v) is 3.62. The van der Waals surface area contributed by atoms with E-state index in [2.05, 4.69) is 51.7 Å². The molecule has 0 N–H and O–H groups in total. The van der Waals surface area contributed by atoms with E-state index in [1.807, 2.05) is 13.8 Å². The lowest BCUT2D eigenvalue weighted by molar-refractivity contribution is 0.270. The lowest BCUT2D eigenvalue weighted by Crippen LogP contribution is -2.17. The van der Waals surface area contributed by atoms with Crippen molar-refractivity contribution in [3.63, 3.8) is 0 Å². The number of hydrogen-bond donors (Lipinski definition) is 0. The first kappa shape index (κ1) is 17.3. The van der Waals surface area contributed by atoms with Gasteiger partial charge in [0.15, 0.2) is 0 Å². The molecule has 0 saturated carbocycles. The van der Waals surface area contributed by atoms with Crippen molar-refractivity contribution in [2.75, 3.05) is 0 Å². The Balaban J connectivity index is 0.00000137. The summed E-state index contributed by atoms with van der Waals surface area (Å²) in [5.74, 6) is 9.80. The van der Waals surface area contributed by atoms with Gasteiger partial charge in [0.05, 0.1) is 0 Å². The van der Waals surface area contributed by atoms with Crippen molar-refractivity contribution in [2.45, 2.75) is 67.2 Å². The first-order valence-electron chi connectivity index (χ1n) is 7.72. The molecule has 0 nitrogen and oxygen atoms in total. The fourth-order valence-corrected chi connectivity index (χ4v) is 2.40. The molecule has 2 atom stereocenters. The summed E-state index contributed by atoms with van der Waals surface area (Å²) in [4.78, 5) is 0. The molecular weight excluding hydrogens is 216 g/mol. The Morgan fingerprint density at radius 3 is 1.94 bits per heavy atom. The molecule has 0 fully saturated rings. The minimum atomic E-state index is 0.707. The minimum Gasteiger partial charge on any atom is -0.103 e. The van der Waals surface area contributed by atoms with Crippen molar-refractivity contribution in [1.82, 2.24) is 0 Å². The van der Waals surface area contributed by atoms with Crippen molar-refractivity contribution < 1.29 is 0 Å². The summed E-state index contributed by atoms with van der Waals surface area (Å²) in [5, 5.41) is 0. The molecule has 0 heteroatoms. The summed E-state index contributed by atoms with van der Waals surface area (Å²) in [6, 6.07) is 0.